The molecule has 0 unspecified atom stereocenters. The van der Waals surface area contributed by atoms with E-state index >= 15 is 0 Å². The van der Waals surface area contributed by atoms with Crippen LogP contribution in [0.5, 0.6) is 0 Å². The summed E-state index contributed by atoms with van der Waals surface area (Å²) in [5.74, 6) is 0.131. The smallest absolute Gasteiger partial charge is 0.275 e. The number of benzene rings is 1. The summed E-state index contributed by atoms with van der Waals surface area (Å²) in [6, 6.07) is 12.6. The molecule has 0 spiro atoms. The highest BCUT2D eigenvalue weighted by molar-refractivity contribution is 6.03. The second-order valence-corrected chi connectivity index (χ2v) is 5.11. The molecular weight excluding hydrogens is 316 g/mol. The predicted octanol–water partition coefficient (Wildman–Crippen LogP) is 2.61. The zero-order chi connectivity index (χ0) is 17.5. The Bertz CT molecular complexity index is 903. The van der Waals surface area contributed by atoms with Crippen molar-refractivity contribution in [2.75, 3.05) is 10.6 Å². The molecule has 3 aromatic rings. The first-order chi connectivity index (χ1) is 12.3. The van der Waals surface area contributed by atoms with Crippen LogP contribution in [0.25, 0.3) is 0 Å². The van der Waals surface area contributed by atoms with Crippen molar-refractivity contribution in [3.05, 3.63) is 78.0 Å². The average molecular weight is 330 g/mol. The van der Waals surface area contributed by atoms with E-state index in [1.165, 1.54) is 12.4 Å². The van der Waals surface area contributed by atoms with Crippen LogP contribution in [-0.4, -0.2) is 20.9 Å². The number of carbonyl (C=O) groups is 1. The Morgan fingerprint density at radius 2 is 1.96 bits per heavy atom. The Morgan fingerprint density at radius 1 is 1.08 bits per heavy atom. The van der Waals surface area contributed by atoms with Crippen LogP contribution in [0, 0.1) is 11.3 Å². The van der Waals surface area contributed by atoms with Crippen LogP contribution in [0.15, 0.2) is 61.2 Å². The van der Waals surface area contributed by atoms with Gasteiger partial charge in [-0.1, -0.05) is 18.2 Å². The molecule has 0 aliphatic rings. The van der Waals surface area contributed by atoms with Crippen LogP contribution in [0.4, 0.5) is 11.5 Å². The highest BCUT2D eigenvalue weighted by Gasteiger charge is 2.10. The lowest BCUT2D eigenvalue weighted by molar-refractivity contribution is 0.102. The van der Waals surface area contributed by atoms with Gasteiger partial charge in [0, 0.05) is 18.9 Å². The molecule has 122 valence electrons. The van der Waals surface area contributed by atoms with E-state index in [-0.39, 0.29) is 5.69 Å². The number of carbonyl (C=O) groups excluding carboxylic acids is 1. The lowest BCUT2D eigenvalue weighted by Gasteiger charge is -2.07. The molecule has 0 fully saturated rings. The fourth-order valence-corrected chi connectivity index (χ4v) is 2.11. The summed E-state index contributed by atoms with van der Waals surface area (Å²) in [7, 11) is 0. The molecule has 1 aromatic carbocycles. The third-order valence-corrected chi connectivity index (χ3v) is 3.38. The molecule has 7 heteroatoms. The molecule has 2 aromatic heterocycles. The van der Waals surface area contributed by atoms with Gasteiger partial charge >= 0.3 is 0 Å². The summed E-state index contributed by atoms with van der Waals surface area (Å²) in [6.45, 7) is 0.559. The minimum atomic E-state index is -0.422. The van der Waals surface area contributed by atoms with E-state index in [2.05, 4.69) is 25.6 Å². The summed E-state index contributed by atoms with van der Waals surface area (Å²) >= 11 is 0. The van der Waals surface area contributed by atoms with Crippen molar-refractivity contribution >= 4 is 17.4 Å². The van der Waals surface area contributed by atoms with Gasteiger partial charge in [-0.15, -0.1) is 0 Å². The highest BCUT2D eigenvalue weighted by Crippen LogP contribution is 2.14. The Hall–Kier alpha value is -3.79. The minimum absolute atomic E-state index is 0.166. The Balaban J connectivity index is 1.63. The normalized spacial score (nSPS) is 9.88. The largest absolute Gasteiger partial charge is 0.365 e. The first-order valence-corrected chi connectivity index (χ1v) is 7.51. The molecule has 0 aliphatic carbocycles. The number of amides is 1. The molecule has 7 nitrogen and oxygen atoms in total. The molecule has 0 saturated carbocycles. The van der Waals surface area contributed by atoms with Crippen molar-refractivity contribution in [2.45, 2.75) is 6.54 Å². The van der Waals surface area contributed by atoms with Gasteiger partial charge in [0.15, 0.2) is 0 Å². The van der Waals surface area contributed by atoms with Crippen LogP contribution >= 0.6 is 0 Å². The lowest BCUT2D eigenvalue weighted by atomic mass is 10.2. The van der Waals surface area contributed by atoms with E-state index < -0.39 is 5.91 Å². The number of nitriles is 1. The highest BCUT2D eigenvalue weighted by atomic mass is 16.1. The fraction of sp³-hybridized carbons (Fsp3) is 0.0556. The van der Waals surface area contributed by atoms with Crippen LogP contribution in [0.3, 0.4) is 0 Å². The van der Waals surface area contributed by atoms with E-state index in [9.17, 15) is 4.79 Å². The quantitative estimate of drug-likeness (QED) is 0.745. The number of rotatable bonds is 5. The molecule has 2 N–H and O–H groups in total. The third kappa shape index (κ3) is 4.14. The van der Waals surface area contributed by atoms with Crippen molar-refractivity contribution < 1.29 is 4.79 Å². The SMILES string of the molecule is N#Cc1ccccc1NC(=O)c1cnc(NCc2cccnc2)cn1. The molecule has 25 heavy (non-hydrogen) atoms. The van der Waals surface area contributed by atoms with Crippen molar-refractivity contribution in [1.82, 2.24) is 15.0 Å². The van der Waals surface area contributed by atoms with Crippen LogP contribution in [0.1, 0.15) is 21.6 Å². The zero-order valence-corrected chi connectivity index (χ0v) is 13.2. The number of para-hydroxylation sites is 1. The monoisotopic (exact) mass is 330 g/mol. The van der Waals surface area contributed by atoms with Gasteiger partial charge < -0.3 is 10.6 Å². The van der Waals surface area contributed by atoms with Crippen LogP contribution in [-0.2, 0) is 6.54 Å². The van der Waals surface area contributed by atoms with E-state index in [1.54, 1.807) is 36.7 Å². The van der Waals surface area contributed by atoms with Crippen molar-refractivity contribution in [1.29, 1.82) is 5.26 Å². The Kier molecular flexibility index (Phi) is 4.93. The van der Waals surface area contributed by atoms with Gasteiger partial charge in [0.05, 0.1) is 23.6 Å². The van der Waals surface area contributed by atoms with Gasteiger partial charge in [-0.3, -0.25) is 9.78 Å². The molecule has 0 bridgehead atoms. The molecular formula is C18H14N6O. The predicted molar refractivity (Wildman–Crippen MR) is 92.7 cm³/mol. The van der Waals surface area contributed by atoms with Crippen molar-refractivity contribution in [3.63, 3.8) is 0 Å². The standard InChI is InChI=1S/C18H14N6O/c19-8-14-5-1-2-6-15(14)24-18(25)16-11-23-17(12-21-16)22-10-13-4-3-7-20-9-13/h1-7,9,11-12H,10H2,(H,22,23)(H,24,25). The number of hydrogen-bond acceptors (Lipinski definition) is 6. The van der Waals surface area contributed by atoms with Gasteiger partial charge in [0.1, 0.15) is 17.6 Å². The third-order valence-electron chi connectivity index (χ3n) is 3.38. The maximum absolute atomic E-state index is 12.2. The maximum Gasteiger partial charge on any atom is 0.275 e. The molecule has 0 atom stereocenters. The topological polar surface area (TPSA) is 104 Å². The lowest BCUT2D eigenvalue weighted by Crippen LogP contribution is -2.15. The van der Waals surface area contributed by atoms with E-state index in [0.717, 1.165) is 5.56 Å². The van der Waals surface area contributed by atoms with Gasteiger partial charge in [0.2, 0.25) is 0 Å². The summed E-state index contributed by atoms with van der Waals surface area (Å²) < 4.78 is 0. The number of nitrogens with zero attached hydrogens (tertiary/aromatic N) is 4. The molecule has 0 radical (unpaired) electrons. The van der Waals surface area contributed by atoms with E-state index in [1.807, 2.05) is 18.2 Å². The Labute approximate surface area is 144 Å². The van der Waals surface area contributed by atoms with E-state index in [0.29, 0.717) is 23.6 Å². The number of anilines is 2. The zero-order valence-electron chi connectivity index (χ0n) is 13.2. The summed E-state index contributed by atoms with van der Waals surface area (Å²) in [5.41, 5.74) is 2.01. The first-order valence-electron chi connectivity index (χ1n) is 7.51. The molecule has 0 saturated heterocycles. The average Bonchev–Trinajstić information content (AvgIpc) is 2.68. The number of pyridine rings is 1. The van der Waals surface area contributed by atoms with Gasteiger partial charge in [0.25, 0.3) is 5.91 Å². The van der Waals surface area contributed by atoms with E-state index in [4.69, 9.17) is 5.26 Å². The number of hydrogen-bond donors (Lipinski definition) is 2. The van der Waals surface area contributed by atoms with Crippen molar-refractivity contribution in [3.8, 4) is 6.07 Å². The fourth-order valence-electron chi connectivity index (χ4n) is 2.11. The second kappa shape index (κ2) is 7.66. The van der Waals surface area contributed by atoms with Gasteiger partial charge in [-0.25, -0.2) is 9.97 Å². The van der Waals surface area contributed by atoms with Gasteiger partial charge in [-0.2, -0.15) is 5.26 Å². The Morgan fingerprint density at radius 3 is 2.68 bits per heavy atom. The molecule has 2 heterocycles. The number of nitrogens with one attached hydrogen (secondary N) is 2. The van der Waals surface area contributed by atoms with Crippen LogP contribution in [0.2, 0.25) is 0 Å². The van der Waals surface area contributed by atoms with Gasteiger partial charge in [-0.05, 0) is 23.8 Å². The summed E-state index contributed by atoms with van der Waals surface area (Å²) in [5, 5.41) is 14.8. The number of aromatic nitrogens is 3. The summed E-state index contributed by atoms with van der Waals surface area (Å²) in [4.78, 5) is 24.5. The molecule has 3 rings (SSSR count). The molecule has 1 amide bonds. The first kappa shape index (κ1) is 16.1. The summed E-state index contributed by atoms with van der Waals surface area (Å²) in [6.07, 6.45) is 6.34. The maximum atomic E-state index is 12.2. The second-order valence-electron chi connectivity index (χ2n) is 5.11. The van der Waals surface area contributed by atoms with Crippen molar-refractivity contribution in [2.24, 2.45) is 0 Å². The molecule has 0 aliphatic heterocycles. The minimum Gasteiger partial charge on any atom is -0.365 e. The van der Waals surface area contributed by atoms with Crippen LogP contribution < -0.4 is 10.6 Å².